The van der Waals surface area contributed by atoms with Gasteiger partial charge < -0.3 is 20.1 Å². The highest BCUT2D eigenvalue weighted by molar-refractivity contribution is 5.66. The molecule has 24 heavy (non-hydrogen) atoms. The highest BCUT2D eigenvalue weighted by Gasteiger charge is 2.11. The van der Waals surface area contributed by atoms with Crippen molar-refractivity contribution in [3.63, 3.8) is 0 Å². The molecule has 0 heterocycles. The highest BCUT2D eigenvalue weighted by Crippen LogP contribution is 2.24. The van der Waals surface area contributed by atoms with Crippen molar-refractivity contribution in [2.75, 3.05) is 40.4 Å². The molecule has 0 bridgehead atoms. The summed E-state index contributed by atoms with van der Waals surface area (Å²) in [7, 11) is 3.07. The van der Waals surface area contributed by atoms with E-state index in [9.17, 15) is 4.79 Å². The molecule has 0 fully saturated rings. The van der Waals surface area contributed by atoms with E-state index in [-0.39, 0.29) is 6.04 Å². The molecule has 1 atom stereocenters. The van der Waals surface area contributed by atoms with Gasteiger partial charge in [0.25, 0.3) is 0 Å². The van der Waals surface area contributed by atoms with Gasteiger partial charge in [0, 0.05) is 31.2 Å². The Balaban J connectivity index is 2.68. The third-order valence-corrected chi connectivity index (χ3v) is 4.12. The van der Waals surface area contributed by atoms with Crippen LogP contribution >= 0.6 is 0 Å². The maximum atomic E-state index is 11.0. The third-order valence-electron chi connectivity index (χ3n) is 4.12. The Bertz CT molecular complexity index is 504. The minimum Gasteiger partial charge on any atom is -0.496 e. The number of alkyl carbamates (subject to hydrolysis) is 1. The van der Waals surface area contributed by atoms with E-state index in [4.69, 9.17) is 4.74 Å². The predicted molar refractivity (Wildman–Crippen MR) is 96.4 cm³/mol. The van der Waals surface area contributed by atoms with E-state index in [0.717, 1.165) is 25.4 Å². The van der Waals surface area contributed by atoms with Crippen molar-refractivity contribution in [2.45, 2.75) is 33.4 Å². The second-order valence-corrected chi connectivity index (χ2v) is 5.63. The summed E-state index contributed by atoms with van der Waals surface area (Å²) in [6, 6.07) is 6.49. The molecule has 0 aliphatic heterocycles. The van der Waals surface area contributed by atoms with Crippen molar-refractivity contribution in [1.82, 2.24) is 15.5 Å². The van der Waals surface area contributed by atoms with Crippen LogP contribution < -0.4 is 15.4 Å². The first-order chi connectivity index (χ1) is 11.5. The number of rotatable bonds is 10. The molecule has 1 aromatic rings. The molecule has 6 nitrogen and oxygen atoms in total. The fraction of sp³-hybridized carbons (Fsp3) is 0.611. The molecule has 6 heteroatoms. The maximum absolute atomic E-state index is 11.0. The number of hydrogen-bond acceptors (Lipinski definition) is 5. The normalized spacial score (nSPS) is 12.1. The molecule has 0 saturated carbocycles. The van der Waals surface area contributed by atoms with Gasteiger partial charge >= 0.3 is 6.09 Å². The lowest BCUT2D eigenvalue weighted by Gasteiger charge is -2.22. The number of amides is 1. The van der Waals surface area contributed by atoms with E-state index >= 15 is 0 Å². The summed E-state index contributed by atoms with van der Waals surface area (Å²) >= 11 is 0. The van der Waals surface area contributed by atoms with Gasteiger partial charge in [-0.3, -0.25) is 4.90 Å². The van der Waals surface area contributed by atoms with Gasteiger partial charge in [0.2, 0.25) is 0 Å². The van der Waals surface area contributed by atoms with E-state index < -0.39 is 6.09 Å². The number of ether oxygens (including phenoxy) is 2. The molecule has 1 aromatic carbocycles. The monoisotopic (exact) mass is 337 g/mol. The number of benzene rings is 1. The Morgan fingerprint density at radius 2 is 1.92 bits per heavy atom. The van der Waals surface area contributed by atoms with Crippen LogP contribution in [0.5, 0.6) is 5.75 Å². The molecule has 0 aliphatic carbocycles. The molecule has 0 radical (unpaired) electrons. The molecule has 2 N–H and O–H groups in total. The lowest BCUT2D eigenvalue weighted by molar-refractivity contribution is 0.171. The van der Waals surface area contributed by atoms with Crippen molar-refractivity contribution in [2.24, 2.45) is 0 Å². The average Bonchev–Trinajstić information content (AvgIpc) is 2.62. The number of hydrogen-bond donors (Lipinski definition) is 2. The molecular weight excluding hydrogens is 306 g/mol. The Morgan fingerprint density at radius 3 is 2.50 bits per heavy atom. The summed E-state index contributed by atoms with van der Waals surface area (Å²) in [5.74, 6) is 0.921. The first-order valence-electron chi connectivity index (χ1n) is 8.50. The first-order valence-corrected chi connectivity index (χ1v) is 8.50. The quantitative estimate of drug-likeness (QED) is 0.643. The van der Waals surface area contributed by atoms with Crippen LogP contribution in [0.25, 0.3) is 0 Å². The summed E-state index contributed by atoms with van der Waals surface area (Å²) in [4.78, 5) is 13.4. The second-order valence-electron chi connectivity index (χ2n) is 5.63. The van der Waals surface area contributed by atoms with Crippen LogP contribution in [0.1, 0.15) is 37.9 Å². The van der Waals surface area contributed by atoms with Crippen LogP contribution in [0.3, 0.4) is 0 Å². The summed E-state index contributed by atoms with van der Waals surface area (Å²) in [5.41, 5.74) is 2.40. The van der Waals surface area contributed by atoms with Crippen LogP contribution in [0.4, 0.5) is 4.79 Å². The minimum atomic E-state index is -0.407. The van der Waals surface area contributed by atoms with Crippen LogP contribution in [0, 0.1) is 0 Å². The molecule has 0 saturated heterocycles. The molecule has 0 aromatic heterocycles. The summed E-state index contributed by atoms with van der Waals surface area (Å²) < 4.78 is 10.0. The van der Waals surface area contributed by atoms with Gasteiger partial charge in [0.15, 0.2) is 0 Å². The number of nitrogens with one attached hydrogen (secondary N) is 2. The summed E-state index contributed by atoms with van der Waals surface area (Å²) in [5, 5.41) is 6.06. The summed E-state index contributed by atoms with van der Waals surface area (Å²) in [6.07, 6.45) is -0.407. The zero-order valence-corrected chi connectivity index (χ0v) is 15.5. The fourth-order valence-corrected chi connectivity index (χ4v) is 2.52. The Labute approximate surface area is 145 Å². The zero-order valence-electron chi connectivity index (χ0n) is 15.5. The first kappa shape index (κ1) is 20.3. The van der Waals surface area contributed by atoms with E-state index in [1.807, 2.05) is 6.07 Å². The van der Waals surface area contributed by atoms with Gasteiger partial charge in [-0.15, -0.1) is 0 Å². The van der Waals surface area contributed by atoms with E-state index in [2.05, 4.69) is 53.2 Å². The van der Waals surface area contributed by atoms with Gasteiger partial charge in [-0.2, -0.15) is 0 Å². The van der Waals surface area contributed by atoms with E-state index in [1.54, 1.807) is 7.11 Å². The van der Waals surface area contributed by atoms with Crippen LogP contribution in [-0.4, -0.2) is 51.4 Å². The van der Waals surface area contributed by atoms with Crippen molar-refractivity contribution in [3.8, 4) is 5.75 Å². The molecule has 0 aliphatic rings. The number of carbonyl (C=O) groups excluding carboxylic acids is 1. The largest absolute Gasteiger partial charge is 0.496 e. The van der Waals surface area contributed by atoms with E-state index in [1.165, 1.54) is 18.2 Å². The maximum Gasteiger partial charge on any atom is 0.406 e. The molecule has 1 unspecified atom stereocenters. The molecule has 1 rings (SSSR count). The smallest absolute Gasteiger partial charge is 0.406 e. The van der Waals surface area contributed by atoms with Crippen LogP contribution in [0.15, 0.2) is 18.2 Å². The fourth-order valence-electron chi connectivity index (χ4n) is 2.52. The lowest BCUT2D eigenvalue weighted by Crippen LogP contribution is -2.32. The van der Waals surface area contributed by atoms with Crippen LogP contribution in [0.2, 0.25) is 0 Å². The van der Waals surface area contributed by atoms with Crippen molar-refractivity contribution < 1.29 is 14.3 Å². The lowest BCUT2D eigenvalue weighted by atomic mass is 10.0. The summed E-state index contributed by atoms with van der Waals surface area (Å²) in [6.45, 7) is 10.5. The van der Waals surface area contributed by atoms with Crippen molar-refractivity contribution >= 4 is 6.09 Å². The number of carbonyl (C=O) groups is 1. The van der Waals surface area contributed by atoms with Crippen molar-refractivity contribution in [1.29, 1.82) is 0 Å². The second kappa shape index (κ2) is 10.9. The van der Waals surface area contributed by atoms with Crippen LogP contribution in [-0.2, 0) is 11.3 Å². The van der Waals surface area contributed by atoms with E-state index in [0.29, 0.717) is 13.1 Å². The molecular formula is C18H31N3O3. The Hall–Kier alpha value is -1.79. The minimum absolute atomic E-state index is 0.186. The standard InChI is InChI=1S/C18H31N3O3/c1-6-21(7-2)13-16-12-15(8-9-17(16)23-4)14(3)19-10-11-20-18(22)24-5/h8-9,12,14,19H,6-7,10-11,13H2,1-5H3,(H,20,22). The SMILES string of the molecule is CCN(CC)Cc1cc(C(C)NCCNC(=O)OC)ccc1OC. The van der Waals surface area contributed by atoms with Gasteiger partial charge in [-0.25, -0.2) is 4.79 Å². The highest BCUT2D eigenvalue weighted by atomic mass is 16.5. The van der Waals surface area contributed by atoms with Gasteiger partial charge in [0.1, 0.15) is 5.75 Å². The number of methoxy groups -OCH3 is 2. The Kier molecular flexibility index (Phi) is 9.19. The third kappa shape index (κ3) is 6.37. The predicted octanol–water partition coefficient (Wildman–Crippen LogP) is 2.54. The molecule has 0 spiro atoms. The Morgan fingerprint density at radius 1 is 1.21 bits per heavy atom. The average molecular weight is 337 g/mol. The molecule has 1 amide bonds. The van der Waals surface area contributed by atoms with Gasteiger partial charge in [-0.05, 0) is 37.7 Å². The molecule has 136 valence electrons. The van der Waals surface area contributed by atoms with Crippen molar-refractivity contribution in [3.05, 3.63) is 29.3 Å². The zero-order chi connectivity index (χ0) is 17.9. The van der Waals surface area contributed by atoms with Gasteiger partial charge in [0.05, 0.1) is 14.2 Å². The topological polar surface area (TPSA) is 62.8 Å². The van der Waals surface area contributed by atoms with Gasteiger partial charge in [-0.1, -0.05) is 19.9 Å². The number of nitrogens with zero attached hydrogens (tertiary/aromatic N) is 1.